The summed E-state index contributed by atoms with van der Waals surface area (Å²) in [6, 6.07) is 4.02. The highest BCUT2D eigenvalue weighted by Gasteiger charge is 2.26. The number of halogens is 2. The minimum Gasteiger partial charge on any atom is -0.271 e. The summed E-state index contributed by atoms with van der Waals surface area (Å²) < 4.78 is 27.2. The zero-order valence-corrected chi connectivity index (χ0v) is 11.2. The maximum atomic E-state index is 13.9. The first kappa shape index (κ1) is 14.4. The molecule has 1 aromatic carbocycles. The average molecular weight is 268 g/mol. The van der Waals surface area contributed by atoms with Crippen molar-refractivity contribution in [2.45, 2.75) is 51.0 Å². The topological polar surface area (TPSA) is 38.0 Å². The fourth-order valence-electron chi connectivity index (χ4n) is 3.06. The van der Waals surface area contributed by atoms with Gasteiger partial charge in [-0.3, -0.25) is 11.3 Å². The predicted octanol–water partition coefficient (Wildman–Crippen LogP) is 3.83. The van der Waals surface area contributed by atoms with Gasteiger partial charge in [-0.1, -0.05) is 44.2 Å². The molecule has 1 atom stereocenters. The van der Waals surface area contributed by atoms with E-state index in [-0.39, 0.29) is 12.0 Å². The van der Waals surface area contributed by atoms with E-state index in [1.807, 2.05) is 0 Å². The van der Waals surface area contributed by atoms with Crippen molar-refractivity contribution in [2.75, 3.05) is 0 Å². The molecule has 0 spiro atoms. The van der Waals surface area contributed by atoms with Crippen molar-refractivity contribution in [3.05, 3.63) is 35.4 Å². The van der Waals surface area contributed by atoms with Gasteiger partial charge in [-0.15, -0.1) is 0 Å². The molecule has 4 heteroatoms. The zero-order chi connectivity index (χ0) is 13.7. The van der Waals surface area contributed by atoms with Gasteiger partial charge in [0.2, 0.25) is 0 Å². The molecule has 19 heavy (non-hydrogen) atoms. The van der Waals surface area contributed by atoms with E-state index in [1.165, 1.54) is 19.3 Å². The zero-order valence-electron chi connectivity index (χ0n) is 11.2. The average Bonchev–Trinajstić information content (AvgIpc) is 2.37. The monoisotopic (exact) mass is 268 g/mol. The number of nitrogens with two attached hydrogens (primary N) is 1. The first-order valence-electron chi connectivity index (χ1n) is 7.14. The lowest BCUT2D eigenvalue weighted by Gasteiger charge is -2.28. The van der Waals surface area contributed by atoms with Gasteiger partial charge in [0.25, 0.3) is 0 Å². The van der Waals surface area contributed by atoms with Crippen LogP contribution in [0.5, 0.6) is 0 Å². The minimum atomic E-state index is -0.802. The summed E-state index contributed by atoms with van der Waals surface area (Å²) in [5, 5.41) is 0. The van der Waals surface area contributed by atoms with Crippen LogP contribution in [0, 0.1) is 17.6 Å². The number of hydrogen-bond donors (Lipinski definition) is 2. The maximum absolute atomic E-state index is 13.9. The molecule has 1 aromatic rings. The minimum absolute atomic E-state index is 0.279. The molecule has 1 aliphatic carbocycles. The van der Waals surface area contributed by atoms with Crippen LogP contribution in [-0.4, -0.2) is 0 Å². The Morgan fingerprint density at radius 3 is 2.32 bits per heavy atom. The number of hydrogen-bond acceptors (Lipinski definition) is 2. The number of nitrogens with one attached hydrogen (secondary N) is 1. The van der Waals surface area contributed by atoms with Crippen LogP contribution >= 0.6 is 0 Å². The fraction of sp³-hybridized carbons (Fsp3) is 0.600. The van der Waals surface area contributed by atoms with Crippen molar-refractivity contribution in [3.63, 3.8) is 0 Å². The van der Waals surface area contributed by atoms with E-state index in [9.17, 15) is 8.78 Å². The summed E-state index contributed by atoms with van der Waals surface area (Å²) >= 11 is 0. The van der Waals surface area contributed by atoms with E-state index < -0.39 is 11.6 Å². The van der Waals surface area contributed by atoms with Crippen LogP contribution < -0.4 is 11.3 Å². The highest BCUT2D eigenvalue weighted by molar-refractivity contribution is 5.23. The Kier molecular flexibility index (Phi) is 5.28. The molecule has 1 unspecified atom stereocenters. The third-order valence-electron chi connectivity index (χ3n) is 4.12. The summed E-state index contributed by atoms with van der Waals surface area (Å²) in [4.78, 5) is 0. The first-order chi connectivity index (χ1) is 9.24. The van der Waals surface area contributed by atoms with Crippen molar-refractivity contribution in [2.24, 2.45) is 11.8 Å². The van der Waals surface area contributed by atoms with E-state index in [4.69, 9.17) is 5.84 Å². The first-order valence-corrected chi connectivity index (χ1v) is 7.14. The molecule has 106 valence electrons. The summed E-state index contributed by atoms with van der Waals surface area (Å²) in [7, 11) is 0. The molecular weight excluding hydrogens is 246 g/mol. The largest absolute Gasteiger partial charge is 0.271 e. The molecule has 0 heterocycles. The lowest BCUT2D eigenvalue weighted by Crippen LogP contribution is -2.34. The molecule has 2 rings (SSSR count). The second kappa shape index (κ2) is 6.96. The molecule has 0 bridgehead atoms. The van der Waals surface area contributed by atoms with Crippen LogP contribution in [0.3, 0.4) is 0 Å². The molecule has 0 aromatic heterocycles. The molecule has 1 aliphatic rings. The summed E-state index contributed by atoms with van der Waals surface area (Å²) in [5.41, 5.74) is 3.05. The second-order valence-electron chi connectivity index (χ2n) is 5.39. The normalized spacial score (nSPS) is 19.7. The van der Waals surface area contributed by atoms with Crippen molar-refractivity contribution in [1.29, 1.82) is 0 Å². The fourth-order valence-corrected chi connectivity index (χ4v) is 3.06. The van der Waals surface area contributed by atoms with Crippen molar-refractivity contribution < 1.29 is 8.78 Å². The van der Waals surface area contributed by atoms with Crippen LogP contribution in [0.2, 0.25) is 0 Å². The Labute approximate surface area is 113 Å². The van der Waals surface area contributed by atoms with Gasteiger partial charge in [-0.05, 0) is 24.8 Å². The highest BCUT2D eigenvalue weighted by atomic mass is 19.2. The van der Waals surface area contributed by atoms with Gasteiger partial charge in [0, 0.05) is 5.56 Å². The number of hydrazine groups is 1. The SMILES string of the molecule is NNC(c1cccc(F)c1F)C1CCCCCCC1. The van der Waals surface area contributed by atoms with Crippen LogP contribution in [-0.2, 0) is 0 Å². The van der Waals surface area contributed by atoms with Crippen molar-refractivity contribution >= 4 is 0 Å². The van der Waals surface area contributed by atoms with Crippen molar-refractivity contribution in [1.82, 2.24) is 5.43 Å². The molecule has 0 radical (unpaired) electrons. The quantitative estimate of drug-likeness (QED) is 0.646. The van der Waals surface area contributed by atoms with E-state index in [2.05, 4.69) is 5.43 Å². The number of rotatable bonds is 3. The van der Waals surface area contributed by atoms with E-state index in [0.717, 1.165) is 31.7 Å². The molecule has 0 aliphatic heterocycles. The van der Waals surface area contributed by atoms with Gasteiger partial charge in [0.15, 0.2) is 11.6 Å². The Morgan fingerprint density at radius 1 is 1.05 bits per heavy atom. The van der Waals surface area contributed by atoms with Gasteiger partial charge < -0.3 is 0 Å². The third-order valence-corrected chi connectivity index (χ3v) is 4.12. The Balaban J connectivity index is 2.19. The van der Waals surface area contributed by atoms with Crippen LogP contribution in [0.15, 0.2) is 18.2 Å². The smallest absolute Gasteiger partial charge is 0.163 e. The lowest BCUT2D eigenvalue weighted by molar-refractivity contribution is 0.283. The van der Waals surface area contributed by atoms with Crippen LogP contribution in [0.4, 0.5) is 8.78 Å². The second-order valence-corrected chi connectivity index (χ2v) is 5.39. The van der Waals surface area contributed by atoms with Gasteiger partial charge in [-0.25, -0.2) is 8.78 Å². The standard InChI is InChI=1S/C15H22F2N2/c16-13-10-6-9-12(14(13)17)15(19-18)11-7-4-2-1-3-5-8-11/h6,9-11,15,19H,1-5,7-8,18H2. The Morgan fingerprint density at radius 2 is 1.68 bits per heavy atom. The predicted molar refractivity (Wildman–Crippen MR) is 72.2 cm³/mol. The molecule has 1 saturated carbocycles. The van der Waals surface area contributed by atoms with E-state index in [1.54, 1.807) is 12.1 Å². The molecule has 3 N–H and O–H groups in total. The lowest BCUT2D eigenvalue weighted by atomic mass is 9.83. The summed E-state index contributed by atoms with van der Waals surface area (Å²) in [6.07, 6.45) is 8.04. The Hall–Kier alpha value is -1.00. The van der Waals surface area contributed by atoms with Gasteiger partial charge in [0.05, 0.1) is 6.04 Å². The van der Waals surface area contributed by atoms with E-state index >= 15 is 0 Å². The summed E-state index contributed by atoms with van der Waals surface area (Å²) in [5.74, 6) is 4.31. The van der Waals surface area contributed by atoms with E-state index in [0.29, 0.717) is 5.56 Å². The van der Waals surface area contributed by atoms with Gasteiger partial charge in [0.1, 0.15) is 0 Å². The molecular formula is C15H22F2N2. The van der Waals surface area contributed by atoms with Crippen LogP contribution in [0.25, 0.3) is 0 Å². The summed E-state index contributed by atoms with van der Waals surface area (Å²) in [6.45, 7) is 0. The number of benzene rings is 1. The third kappa shape index (κ3) is 3.51. The molecule has 0 saturated heterocycles. The molecule has 2 nitrogen and oxygen atoms in total. The van der Waals surface area contributed by atoms with Gasteiger partial charge in [-0.2, -0.15) is 0 Å². The highest BCUT2D eigenvalue weighted by Crippen LogP contribution is 2.33. The molecule has 0 amide bonds. The maximum Gasteiger partial charge on any atom is 0.163 e. The van der Waals surface area contributed by atoms with Crippen LogP contribution in [0.1, 0.15) is 56.6 Å². The molecule has 1 fully saturated rings. The van der Waals surface area contributed by atoms with Gasteiger partial charge >= 0.3 is 0 Å². The Bertz CT molecular complexity index is 401. The van der Waals surface area contributed by atoms with Crippen molar-refractivity contribution in [3.8, 4) is 0 Å².